The van der Waals surface area contributed by atoms with Crippen LogP contribution >= 0.6 is 27.3 Å². The summed E-state index contributed by atoms with van der Waals surface area (Å²) in [5, 5.41) is 12.4. The van der Waals surface area contributed by atoms with Crippen molar-refractivity contribution in [1.29, 1.82) is 0 Å². The predicted octanol–water partition coefficient (Wildman–Crippen LogP) is 3.66. The van der Waals surface area contributed by atoms with Gasteiger partial charge in [-0.2, -0.15) is 0 Å². The van der Waals surface area contributed by atoms with Gasteiger partial charge in [-0.3, -0.25) is 0 Å². The Morgan fingerprint density at radius 3 is 2.54 bits per heavy atom. The lowest BCUT2D eigenvalue weighted by atomic mass is 9.84. The second-order valence-corrected chi connectivity index (χ2v) is 5.46. The largest absolute Gasteiger partial charge is 0.384 e. The highest BCUT2D eigenvalue weighted by Crippen LogP contribution is 2.42. The van der Waals surface area contributed by atoms with Crippen molar-refractivity contribution in [2.45, 2.75) is 37.7 Å². The molecular formula is C10H13BrOS. The number of halogens is 1. The van der Waals surface area contributed by atoms with Crippen molar-refractivity contribution in [3.63, 3.8) is 0 Å². The van der Waals surface area contributed by atoms with Crippen LogP contribution in [0.3, 0.4) is 0 Å². The lowest BCUT2D eigenvalue weighted by Crippen LogP contribution is -2.27. The van der Waals surface area contributed by atoms with E-state index in [0.717, 1.165) is 35.0 Å². The van der Waals surface area contributed by atoms with Crippen molar-refractivity contribution in [2.24, 2.45) is 0 Å². The molecule has 1 aliphatic carbocycles. The molecule has 0 atom stereocenters. The van der Waals surface area contributed by atoms with E-state index in [-0.39, 0.29) is 0 Å². The average Bonchev–Trinajstić information content (AvgIpc) is 2.53. The number of rotatable bonds is 1. The summed E-state index contributed by atoms with van der Waals surface area (Å²) in [7, 11) is 0. The van der Waals surface area contributed by atoms with Gasteiger partial charge in [-0.15, -0.1) is 11.3 Å². The lowest BCUT2D eigenvalue weighted by Gasteiger charge is -2.31. The SMILES string of the molecule is OC1(c2sccc2Br)CCCCC1. The van der Waals surface area contributed by atoms with E-state index in [0.29, 0.717) is 0 Å². The number of aliphatic hydroxyl groups is 1. The van der Waals surface area contributed by atoms with Crippen LogP contribution in [0.15, 0.2) is 15.9 Å². The molecule has 1 N–H and O–H groups in total. The third-order valence-corrected chi connectivity index (χ3v) is 4.75. The maximum absolute atomic E-state index is 10.4. The maximum Gasteiger partial charge on any atom is 0.0999 e. The van der Waals surface area contributed by atoms with E-state index in [1.165, 1.54) is 6.42 Å². The van der Waals surface area contributed by atoms with Crippen LogP contribution in [0, 0.1) is 0 Å². The Balaban J connectivity index is 2.27. The normalized spacial score (nSPS) is 21.7. The molecule has 1 nitrogen and oxygen atoms in total. The van der Waals surface area contributed by atoms with Gasteiger partial charge in [0.2, 0.25) is 0 Å². The molecule has 0 spiro atoms. The summed E-state index contributed by atoms with van der Waals surface area (Å²) in [6.07, 6.45) is 5.42. The molecular weight excluding hydrogens is 248 g/mol. The van der Waals surface area contributed by atoms with Crippen LogP contribution in [-0.2, 0) is 5.60 Å². The minimum atomic E-state index is -0.536. The van der Waals surface area contributed by atoms with Gasteiger partial charge in [0.15, 0.2) is 0 Å². The Labute approximate surface area is 90.9 Å². The molecule has 72 valence electrons. The summed E-state index contributed by atoms with van der Waals surface area (Å²) in [6, 6.07) is 2.02. The Hall–Kier alpha value is 0.140. The fraction of sp³-hybridized carbons (Fsp3) is 0.600. The van der Waals surface area contributed by atoms with Gasteiger partial charge < -0.3 is 5.11 Å². The highest BCUT2D eigenvalue weighted by atomic mass is 79.9. The van der Waals surface area contributed by atoms with Gasteiger partial charge in [0, 0.05) is 4.47 Å². The summed E-state index contributed by atoms with van der Waals surface area (Å²) in [4.78, 5) is 1.12. The first-order valence-corrected chi connectivity index (χ1v) is 6.35. The lowest BCUT2D eigenvalue weighted by molar-refractivity contribution is 0.00224. The van der Waals surface area contributed by atoms with Crippen LogP contribution < -0.4 is 0 Å². The van der Waals surface area contributed by atoms with E-state index in [1.807, 2.05) is 11.4 Å². The van der Waals surface area contributed by atoms with Gasteiger partial charge in [-0.05, 0) is 40.2 Å². The molecule has 0 aromatic carbocycles. The van der Waals surface area contributed by atoms with Crippen molar-refractivity contribution in [1.82, 2.24) is 0 Å². The quantitative estimate of drug-likeness (QED) is 0.817. The van der Waals surface area contributed by atoms with Gasteiger partial charge in [0.05, 0.1) is 10.5 Å². The Morgan fingerprint density at radius 2 is 2.00 bits per heavy atom. The van der Waals surface area contributed by atoms with Crippen molar-refractivity contribution >= 4 is 27.3 Å². The van der Waals surface area contributed by atoms with Gasteiger partial charge >= 0.3 is 0 Å². The van der Waals surface area contributed by atoms with Crippen LogP contribution in [-0.4, -0.2) is 5.11 Å². The fourth-order valence-electron chi connectivity index (χ4n) is 1.99. The third-order valence-electron chi connectivity index (χ3n) is 2.72. The van der Waals surface area contributed by atoms with E-state index >= 15 is 0 Å². The molecule has 0 bridgehead atoms. The first-order valence-electron chi connectivity index (χ1n) is 4.68. The van der Waals surface area contributed by atoms with E-state index in [4.69, 9.17) is 0 Å². The molecule has 1 aliphatic rings. The van der Waals surface area contributed by atoms with Gasteiger partial charge in [0.1, 0.15) is 0 Å². The molecule has 0 amide bonds. The van der Waals surface area contributed by atoms with Crippen molar-refractivity contribution in [3.05, 3.63) is 20.8 Å². The zero-order valence-electron chi connectivity index (χ0n) is 7.42. The molecule has 1 heterocycles. The van der Waals surface area contributed by atoms with Crippen LogP contribution in [0.4, 0.5) is 0 Å². The summed E-state index contributed by atoms with van der Waals surface area (Å²) in [5.41, 5.74) is -0.536. The minimum absolute atomic E-state index is 0.536. The van der Waals surface area contributed by atoms with Crippen molar-refractivity contribution in [2.75, 3.05) is 0 Å². The molecule has 1 fully saturated rings. The van der Waals surface area contributed by atoms with E-state index in [2.05, 4.69) is 15.9 Å². The summed E-state index contributed by atoms with van der Waals surface area (Å²) in [6.45, 7) is 0. The Kier molecular flexibility index (Phi) is 2.77. The molecule has 1 aromatic heterocycles. The molecule has 0 unspecified atom stereocenters. The molecule has 1 saturated carbocycles. The molecule has 0 saturated heterocycles. The fourth-order valence-corrected chi connectivity index (χ4v) is 3.89. The third kappa shape index (κ3) is 1.83. The first kappa shape index (κ1) is 9.69. The molecule has 0 radical (unpaired) electrons. The molecule has 0 aliphatic heterocycles. The second kappa shape index (κ2) is 3.71. The average molecular weight is 261 g/mol. The molecule has 2 rings (SSSR count). The standard InChI is InChI=1S/C10H13BrOS/c11-8-4-7-13-9(8)10(12)5-2-1-3-6-10/h4,7,12H,1-3,5-6H2. The molecule has 1 aromatic rings. The van der Waals surface area contributed by atoms with Crippen LogP contribution in [0.1, 0.15) is 37.0 Å². The van der Waals surface area contributed by atoms with E-state index < -0.39 is 5.60 Å². The highest BCUT2D eigenvalue weighted by Gasteiger charge is 2.33. The number of hydrogen-bond acceptors (Lipinski definition) is 2. The second-order valence-electron chi connectivity index (χ2n) is 3.69. The predicted molar refractivity (Wildman–Crippen MR) is 59.0 cm³/mol. The summed E-state index contributed by atoms with van der Waals surface area (Å²) >= 11 is 5.15. The van der Waals surface area contributed by atoms with Crippen LogP contribution in [0.2, 0.25) is 0 Å². The van der Waals surface area contributed by atoms with E-state index in [9.17, 15) is 5.11 Å². The first-order chi connectivity index (χ1) is 6.22. The van der Waals surface area contributed by atoms with E-state index in [1.54, 1.807) is 11.3 Å². The van der Waals surface area contributed by atoms with Gasteiger partial charge in [0.25, 0.3) is 0 Å². The molecule has 3 heteroatoms. The Morgan fingerprint density at radius 1 is 1.31 bits per heavy atom. The highest BCUT2D eigenvalue weighted by molar-refractivity contribution is 9.10. The minimum Gasteiger partial charge on any atom is -0.384 e. The number of hydrogen-bond donors (Lipinski definition) is 1. The van der Waals surface area contributed by atoms with Gasteiger partial charge in [-0.1, -0.05) is 19.3 Å². The maximum atomic E-state index is 10.4. The monoisotopic (exact) mass is 260 g/mol. The molecule has 13 heavy (non-hydrogen) atoms. The zero-order valence-corrected chi connectivity index (χ0v) is 9.83. The number of thiophene rings is 1. The van der Waals surface area contributed by atoms with Crippen LogP contribution in [0.5, 0.6) is 0 Å². The van der Waals surface area contributed by atoms with Gasteiger partial charge in [-0.25, -0.2) is 0 Å². The Bertz CT molecular complexity index is 289. The van der Waals surface area contributed by atoms with Crippen molar-refractivity contribution < 1.29 is 5.11 Å². The topological polar surface area (TPSA) is 20.2 Å². The smallest absolute Gasteiger partial charge is 0.0999 e. The van der Waals surface area contributed by atoms with Crippen molar-refractivity contribution in [3.8, 4) is 0 Å². The summed E-state index contributed by atoms with van der Waals surface area (Å²) < 4.78 is 1.07. The zero-order chi connectivity index (χ0) is 9.31. The summed E-state index contributed by atoms with van der Waals surface area (Å²) in [5.74, 6) is 0. The van der Waals surface area contributed by atoms with Crippen LogP contribution in [0.25, 0.3) is 0 Å².